The Morgan fingerprint density at radius 1 is 1.00 bits per heavy atom. The van der Waals surface area contributed by atoms with Crippen LogP contribution in [-0.2, 0) is 9.84 Å². The van der Waals surface area contributed by atoms with Crippen LogP contribution in [0.3, 0.4) is 0 Å². The normalized spacial score (nSPS) is 11.2. The van der Waals surface area contributed by atoms with Gasteiger partial charge in [0.25, 0.3) is 5.69 Å². The highest BCUT2D eigenvalue weighted by molar-refractivity contribution is 7.91. The van der Waals surface area contributed by atoms with Crippen LogP contribution in [0.4, 0.5) is 5.69 Å². The number of nitro groups is 1. The van der Waals surface area contributed by atoms with Crippen LogP contribution in [0, 0.1) is 10.1 Å². The van der Waals surface area contributed by atoms with Gasteiger partial charge in [-0.3, -0.25) is 10.1 Å². The van der Waals surface area contributed by atoms with Crippen LogP contribution < -0.4 is 0 Å². The van der Waals surface area contributed by atoms with Crippen LogP contribution in [0.25, 0.3) is 0 Å². The molecule has 0 radical (unpaired) electrons. The summed E-state index contributed by atoms with van der Waals surface area (Å²) in [5.41, 5.74) is -0.476. The molecule has 0 saturated carbocycles. The number of sulfone groups is 1. The van der Waals surface area contributed by atoms with E-state index in [4.69, 9.17) is 5.11 Å². The number of nitrogens with zero attached hydrogens (tertiary/aromatic N) is 1. The molecule has 6 nitrogen and oxygen atoms in total. The number of phenolic OH excluding ortho intramolecular Hbond substituents is 1. The van der Waals surface area contributed by atoms with Crippen LogP contribution >= 0.6 is 0 Å². The summed E-state index contributed by atoms with van der Waals surface area (Å²) in [6.45, 7) is 0. The maximum Gasteiger partial charge on any atom is 0.288 e. The zero-order valence-electron chi connectivity index (χ0n) is 9.55. The highest BCUT2D eigenvalue weighted by Crippen LogP contribution is 2.29. The lowest BCUT2D eigenvalue weighted by atomic mass is 10.3. The molecular weight excluding hydrogens is 270 g/mol. The monoisotopic (exact) mass is 279 g/mol. The molecule has 2 aromatic carbocycles. The molecule has 98 valence electrons. The number of hydrogen-bond acceptors (Lipinski definition) is 5. The van der Waals surface area contributed by atoms with Gasteiger partial charge in [0.15, 0.2) is 0 Å². The largest absolute Gasteiger partial charge is 0.508 e. The number of nitro benzene ring substituents is 1. The Hall–Kier alpha value is -2.41. The van der Waals surface area contributed by atoms with Crippen molar-refractivity contribution >= 4 is 15.5 Å². The second-order valence-corrected chi connectivity index (χ2v) is 5.64. The molecule has 0 unspecified atom stereocenters. The Balaban J connectivity index is 2.63. The Morgan fingerprint density at radius 3 is 2.16 bits per heavy atom. The lowest BCUT2D eigenvalue weighted by Crippen LogP contribution is -2.05. The van der Waals surface area contributed by atoms with Crippen LogP contribution in [0.15, 0.2) is 58.3 Å². The smallest absolute Gasteiger partial charge is 0.288 e. The van der Waals surface area contributed by atoms with Crippen molar-refractivity contribution in [2.24, 2.45) is 0 Å². The molecule has 7 heteroatoms. The van der Waals surface area contributed by atoms with E-state index in [1.165, 1.54) is 42.5 Å². The van der Waals surface area contributed by atoms with Crippen LogP contribution in [0.2, 0.25) is 0 Å². The zero-order chi connectivity index (χ0) is 14.0. The Labute approximate surface area is 109 Å². The number of phenols is 1. The second kappa shape index (κ2) is 4.69. The van der Waals surface area contributed by atoms with Crippen molar-refractivity contribution in [2.45, 2.75) is 9.79 Å². The van der Waals surface area contributed by atoms with Gasteiger partial charge in [0.1, 0.15) is 10.6 Å². The molecule has 0 heterocycles. The van der Waals surface area contributed by atoms with Gasteiger partial charge in [-0.05, 0) is 30.3 Å². The second-order valence-electron chi connectivity index (χ2n) is 3.72. The van der Waals surface area contributed by atoms with Crippen LogP contribution in [-0.4, -0.2) is 18.4 Å². The van der Waals surface area contributed by atoms with E-state index in [9.17, 15) is 18.5 Å². The van der Waals surface area contributed by atoms with Gasteiger partial charge < -0.3 is 5.11 Å². The third-order valence-electron chi connectivity index (χ3n) is 2.50. The molecule has 0 aliphatic rings. The topological polar surface area (TPSA) is 97.5 Å². The molecule has 0 saturated heterocycles. The van der Waals surface area contributed by atoms with E-state index in [2.05, 4.69) is 0 Å². The number of rotatable bonds is 3. The zero-order valence-corrected chi connectivity index (χ0v) is 10.4. The van der Waals surface area contributed by atoms with Crippen molar-refractivity contribution in [1.29, 1.82) is 0 Å². The van der Waals surface area contributed by atoms with Crippen molar-refractivity contribution in [1.82, 2.24) is 0 Å². The van der Waals surface area contributed by atoms with Gasteiger partial charge in [-0.2, -0.15) is 0 Å². The van der Waals surface area contributed by atoms with E-state index >= 15 is 0 Å². The predicted octanol–water partition coefficient (Wildman–Crippen LogP) is 2.13. The average molecular weight is 279 g/mol. The maximum atomic E-state index is 12.3. The number of para-hydroxylation sites is 1. The molecule has 0 spiro atoms. The quantitative estimate of drug-likeness (QED) is 0.685. The fourth-order valence-electron chi connectivity index (χ4n) is 1.59. The molecule has 0 aliphatic heterocycles. The molecular formula is C12H9NO5S. The molecule has 0 fully saturated rings. The molecule has 0 atom stereocenters. The van der Waals surface area contributed by atoms with Gasteiger partial charge in [-0.15, -0.1) is 0 Å². The molecule has 19 heavy (non-hydrogen) atoms. The summed E-state index contributed by atoms with van der Waals surface area (Å²) >= 11 is 0. The third-order valence-corrected chi connectivity index (χ3v) is 4.32. The standard InChI is InChI=1S/C12H9NO5S/c14-9-5-7-10(8-6-9)19(17,18)12-4-2-1-3-11(12)13(15)16/h1-8,14H. The minimum atomic E-state index is -3.98. The van der Waals surface area contributed by atoms with Gasteiger partial charge in [-0.25, -0.2) is 8.42 Å². The fraction of sp³-hybridized carbons (Fsp3) is 0. The highest BCUT2D eigenvalue weighted by Gasteiger charge is 2.26. The van der Waals surface area contributed by atoms with E-state index in [-0.39, 0.29) is 15.5 Å². The van der Waals surface area contributed by atoms with Gasteiger partial charge in [0.05, 0.1) is 9.82 Å². The first kappa shape index (κ1) is 13.0. The van der Waals surface area contributed by atoms with Gasteiger partial charge >= 0.3 is 0 Å². The molecule has 0 amide bonds. The van der Waals surface area contributed by atoms with E-state index < -0.39 is 20.4 Å². The Bertz CT molecular complexity index is 722. The molecule has 0 aliphatic carbocycles. The van der Waals surface area contributed by atoms with Gasteiger partial charge in [-0.1, -0.05) is 12.1 Å². The van der Waals surface area contributed by atoms with E-state index in [1.807, 2.05) is 0 Å². The summed E-state index contributed by atoms with van der Waals surface area (Å²) in [7, 11) is -3.98. The Morgan fingerprint density at radius 2 is 1.58 bits per heavy atom. The summed E-state index contributed by atoms with van der Waals surface area (Å²) in [5, 5.41) is 20.0. The van der Waals surface area contributed by atoms with E-state index in [0.29, 0.717) is 0 Å². The highest BCUT2D eigenvalue weighted by atomic mass is 32.2. The van der Waals surface area contributed by atoms with Crippen molar-refractivity contribution in [2.75, 3.05) is 0 Å². The molecule has 0 aromatic heterocycles. The first-order valence-corrected chi connectivity index (χ1v) is 6.69. The number of hydrogen-bond donors (Lipinski definition) is 1. The molecule has 2 rings (SSSR count). The SMILES string of the molecule is O=[N+]([O-])c1ccccc1S(=O)(=O)c1ccc(O)cc1. The Kier molecular flexibility index (Phi) is 3.22. The van der Waals surface area contributed by atoms with Crippen molar-refractivity contribution < 1.29 is 18.4 Å². The minimum absolute atomic E-state index is 0.0819. The summed E-state index contributed by atoms with van der Waals surface area (Å²) in [6, 6.07) is 9.94. The maximum absolute atomic E-state index is 12.3. The molecule has 0 bridgehead atoms. The summed E-state index contributed by atoms with van der Waals surface area (Å²) in [5.74, 6) is -0.0819. The lowest BCUT2D eigenvalue weighted by Gasteiger charge is -2.05. The first-order valence-electron chi connectivity index (χ1n) is 5.20. The van der Waals surface area contributed by atoms with Gasteiger partial charge in [0, 0.05) is 6.07 Å². The lowest BCUT2D eigenvalue weighted by molar-refractivity contribution is -0.387. The fourth-order valence-corrected chi connectivity index (χ4v) is 3.01. The van der Waals surface area contributed by atoms with Crippen molar-refractivity contribution in [3.8, 4) is 5.75 Å². The van der Waals surface area contributed by atoms with Crippen molar-refractivity contribution in [3.05, 3.63) is 58.6 Å². The first-order chi connectivity index (χ1) is 8.93. The van der Waals surface area contributed by atoms with E-state index in [0.717, 1.165) is 6.07 Å². The molecule has 1 N–H and O–H groups in total. The predicted molar refractivity (Wildman–Crippen MR) is 66.7 cm³/mol. The molecule has 2 aromatic rings. The minimum Gasteiger partial charge on any atom is -0.508 e. The van der Waals surface area contributed by atoms with Crippen LogP contribution in [0.5, 0.6) is 5.75 Å². The number of aromatic hydroxyl groups is 1. The van der Waals surface area contributed by atoms with Gasteiger partial charge in [0.2, 0.25) is 9.84 Å². The van der Waals surface area contributed by atoms with E-state index in [1.54, 1.807) is 0 Å². The van der Waals surface area contributed by atoms with Crippen LogP contribution in [0.1, 0.15) is 0 Å². The third kappa shape index (κ3) is 2.41. The number of benzene rings is 2. The summed E-state index contributed by atoms with van der Waals surface area (Å²) < 4.78 is 24.6. The van der Waals surface area contributed by atoms with Crippen molar-refractivity contribution in [3.63, 3.8) is 0 Å². The average Bonchev–Trinajstić information content (AvgIpc) is 2.39. The summed E-state index contributed by atoms with van der Waals surface area (Å²) in [6.07, 6.45) is 0. The summed E-state index contributed by atoms with van der Waals surface area (Å²) in [4.78, 5) is 9.63.